The molecule has 0 saturated heterocycles. The van der Waals surface area contributed by atoms with Gasteiger partial charge in [-0.25, -0.2) is 9.79 Å². The summed E-state index contributed by atoms with van der Waals surface area (Å²) in [6, 6.07) is 8.50. The molecular weight excluding hydrogens is 222 g/mol. The number of nitrogens with zero attached hydrogens (tertiary/aromatic N) is 1. The summed E-state index contributed by atoms with van der Waals surface area (Å²) in [5, 5.41) is 0. The van der Waals surface area contributed by atoms with Gasteiger partial charge in [0.2, 0.25) is 6.08 Å². The number of isocyanates is 1. The lowest BCUT2D eigenvalue weighted by atomic mass is 9.71. The fraction of sp³-hybridized carbons (Fsp3) is 0.562. The summed E-state index contributed by atoms with van der Waals surface area (Å²) in [6.45, 7) is 5.17. The monoisotopic (exact) mass is 243 g/mol. The summed E-state index contributed by atoms with van der Waals surface area (Å²) in [7, 11) is 0. The lowest BCUT2D eigenvalue weighted by Crippen LogP contribution is -2.20. The molecule has 18 heavy (non-hydrogen) atoms. The molecule has 0 bridgehead atoms. The maximum Gasteiger partial charge on any atom is 0.235 e. The van der Waals surface area contributed by atoms with Gasteiger partial charge in [-0.05, 0) is 48.1 Å². The van der Waals surface area contributed by atoms with Crippen molar-refractivity contribution in [2.45, 2.75) is 52.0 Å². The van der Waals surface area contributed by atoms with Gasteiger partial charge in [0, 0.05) is 0 Å². The highest BCUT2D eigenvalue weighted by molar-refractivity contribution is 5.34. The van der Waals surface area contributed by atoms with Crippen molar-refractivity contribution >= 4 is 6.08 Å². The summed E-state index contributed by atoms with van der Waals surface area (Å²) in [6.07, 6.45) is 6.74. The molecule has 0 atom stereocenters. The zero-order valence-corrected chi connectivity index (χ0v) is 11.3. The molecule has 1 aromatic carbocycles. The van der Waals surface area contributed by atoms with Crippen molar-refractivity contribution in [3.05, 3.63) is 35.4 Å². The SMILES string of the molecule is CC1(C)CCC(c2cccc(CN=C=O)c2)CC1. The van der Waals surface area contributed by atoms with Gasteiger partial charge in [0.25, 0.3) is 0 Å². The highest BCUT2D eigenvalue weighted by Gasteiger charge is 2.27. The van der Waals surface area contributed by atoms with Crippen LogP contribution in [0.25, 0.3) is 0 Å². The van der Waals surface area contributed by atoms with Crippen LogP contribution in [0.2, 0.25) is 0 Å². The molecular formula is C16H21NO. The minimum atomic E-state index is 0.454. The van der Waals surface area contributed by atoms with Gasteiger partial charge in [-0.2, -0.15) is 0 Å². The van der Waals surface area contributed by atoms with E-state index in [1.165, 1.54) is 31.2 Å². The van der Waals surface area contributed by atoms with Crippen LogP contribution in [-0.4, -0.2) is 6.08 Å². The van der Waals surface area contributed by atoms with Crippen LogP contribution in [0, 0.1) is 5.41 Å². The lowest BCUT2D eigenvalue weighted by Gasteiger charge is -2.34. The third-order valence-electron chi connectivity index (χ3n) is 4.09. The van der Waals surface area contributed by atoms with Gasteiger partial charge < -0.3 is 0 Å². The summed E-state index contributed by atoms with van der Waals surface area (Å²) in [5.74, 6) is 0.679. The van der Waals surface area contributed by atoms with E-state index in [4.69, 9.17) is 0 Å². The van der Waals surface area contributed by atoms with Crippen molar-refractivity contribution in [2.24, 2.45) is 10.4 Å². The molecule has 1 fully saturated rings. The zero-order valence-electron chi connectivity index (χ0n) is 11.3. The van der Waals surface area contributed by atoms with Crippen LogP contribution in [0.5, 0.6) is 0 Å². The molecule has 0 spiro atoms. The topological polar surface area (TPSA) is 29.4 Å². The Morgan fingerprint density at radius 1 is 1.33 bits per heavy atom. The largest absolute Gasteiger partial charge is 0.235 e. The van der Waals surface area contributed by atoms with Crippen LogP contribution < -0.4 is 0 Å². The van der Waals surface area contributed by atoms with E-state index in [0.717, 1.165) is 5.56 Å². The van der Waals surface area contributed by atoms with E-state index < -0.39 is 0 Å². The molecule has 2 rings (SSSR count). The molecule has 1 aliphatic carbocycles. The molecule has 0 amide bonds. The van der Waals surface area contributed by atoms with Crippen LogP contribution in [0.3, 0.4) is 0 Å². The summed E-state index contributed by atoms with van der Waals surface area (Å²) in [4.78, 5) is 13.8. The Balaban J connectivity index is 2.07. The second-order valence-corrected chi connectivity index (χ2v) is 6.09. The number of hydrogen-bond donors (Lipinski definition) is 0. The summed E-state index contributed by atoms with van der Waals surface area (Å²) in [5.41, 5.74) is 3.03. The maximum atomic E-state index is 10.1. The molecule has 0 heterocycles. The second kappa shape index (κ2) is 5.49. The first-order valence-electron chi connectivity index (χ1n) is 6.73. The summed E-state index contributed by atoms with van der Waals surface area (Å²) < 4.78 is 0. The number of aliphatic imine (C=N–C) groups is 1. The molecule has 0 aliphatic heterocycles. The van der Waals surface area contributed by atoms with E-state index in [1.807, 2.05) is 6.07 Å². The van der Waals surface area contributed by atoms with Crippen molar-refractivity contribution in [1.82, 2.24) is 0 Å². The summed E-state index contributed by atoms with van der Waals surface area (Å²) >= 11 is 0. The zero-order chi connectivity index (χ0) is 13.0. The Hall–Kier alpha value is -1.40. The van der Waals surface area contributed by atoms with E-state index in [9.17, 15) is 4.79 Å². The van der Waals surface area contributed by atoms with Crippen LogP contribution >= 0.6 is 0 Å². The average Bonchev–Trinajstić information content (AvgIpc) is 2.37. The quantitative estimate of drug-likeness (QED) is 0.577. The third kappa shape index (κ3) is 3.30. The highest BCUT2D eigenvalue weighted by atomic mass is 16.1. The van der Waals surface area contributed by atoms with Crippen LogP contribution in [0.15, 0.2) is 29.3 Å². The highest BCUT2D eigenvalue weighted by Crippen LogP contribution is 2.42. The van der Waals surface area contributed by atoms with Crippen LogP contribution in [-0.2, 0) is 11.3 Å². The number of rotatable bonds is 3. The van der Waals surface area contributed by atoms with Crippen molar-refractivity contribution in [2.75, 3.05) is 0 Å². The normalized spacial score (nSPS) is 19.2. The van der Waals surface area contributed by atoms with Crippen LogP contribution in [0.1, 0.15) is 56.6 Å². The lowest BCUT2D eigenvalue weighted by molar-refractivity contribution is 0.224. The van der Waals surface area contributed by atoms with Gasteiger partial charge in [-0.1, -0.05) is 38.1 Å². The molecule has 0 unspecified atom stereocenters. The second-order valence-electron chi connectivity index (χ2n) is 6.09. The van der Waals surface area contributed by atoms with E-state index in [1.54, 1.807) is 6.08 Å². The first-order valence-corrected chi connectivity index (χ1v) is 6.73. The van der Waals surface area contributed by atoms with E-state index >= 15 is 0 Å². The van der Waals surface area contributed by atoms with Gasteiger partial charge in [-0.3, -0.25) is 0 Å². The van der Waals surface area contributed by atoms with Crippen molar-refractivity contribution in [1.29, 1.82) is 0 Å². The Morgan fingerprint density at radius 3 is 2.72 bits per heavy atom. The Kier molecular flexibility index (Phi) is 3.98. The minimum Gasteiger partial charge on any atom is -0.211 e. The predicted molar refractivity (Wildman–Crippen MR) is 73.3 cm³/mol. The van der Waals surface area contributed by atoms with Crippen molar-refractivity contribution in [3.63, 3.8) is 0 Å². The van der Waals surface area contributed by atoms with Crippen molar-refractivity contribution < 1.29 is 4.79 Å². The smallest absolute Gasteiger partial charge is 0.211 e. The molecule has 1 aromatic rings. The molecule has 1 saturated carbocycles. The minimum absolute atomic E-state index is 0.454. The third-order valence-corrected chi connectivity index (χ3v) is 4.09. The predicted octanol–water partition coefficient (Wildman–Crippen LogP) is 4.21. The first kappa shape index (κ1) is 13.0. The van der Waals surface area contributed by atoms with Gasteiger partial charge in [0.05, 0.1) is 6.54 Å². The molecule has 0 aromatic heterocycles. The Morgan fingerprint density at radius 2 is 2.06 bits per heavy atom. The molecule has 0 radical (unpaired) electrons. The van der Waals surface area contributed by atoms with Crippen LogP contribution in [0.4, 0.5) is 0 Å². The fourth-order valence-corrected chi connectivity index (χ4v) is 2.80. The van der Waals surface area contributed by atoms with E-state index in [2.05, 4.69) is 37.0 Å². The van der Waals surface area contributed by atoms with E-state index in [-0.39, 0.29) is 0 Å². The van der Waals surface area contributed by atoms with Crippen molar-refractivity contribution in [3.8, 4) is 0 Å². The molecule has 96 valence electrons. The molecule has 2 heteroatoms. The number of carbonyl (C=O) groups excluding carboxylic acids is 1. The molecule has 1 aliphatic rings. The maximum absolute atomic E-state index is 10.1. The standard InChI is InChI=1S/C16H21NO/c1-16(2)8-6-14(7-9-16)15-5-3-4-13(10-15)11-17-12-18/h3-5,10,14H,6-9,11H2,1-2H3. The Labute approximate surface area is 109 Å². The number of hydrogen-bond acceptors (Lipinski definition) is 2. The van der Waals surface area contributed by atoms with Gasteiger partial charge in [-0.15, -0.1) is 0 Å². The van der Waals surface area contributed by atoms with Gasteiger partial charge in [0.15, 0.2) is 0 Å². The first-order chi connectivity index (χ1) is 8.61. The average molecular weight is 243 g/mol. The Bertz CT molecular complexity index is 448. The molecule has 2 nitrogen and oxygen atoms in total. The molecule has 0 N–H and O–H groups in total. The van der Waals surface area contributed by atoms with Gasteiger partial charge in [0.1, 0.15) is 0 Å². The van der Waals surface area contributed by atoms with E-state index in [0.29, 0.717) is 17.9 Å². The number of benzene rings is 1. The fourth-order valence-electron chi connectivity index (χ4n) is 2.80. The van der Waals surface area contributed by atoms with Gasteiger partial charge >= 0.3 is 0 Å².